The molecule has 0 aromatic rings. The lowest BCUT2D eigenvalue weighted by Gasteiger charge is -2.63. The lowest BCUT2D eigenvalue weighted by molar-refractivity contribution is -0.213. The fraction of sp³-hybridized carbons (Fsp3) is 0.931. The number of ether oxygens (including phenoxy) is 1. The maximum absolute atomic E-state index is 13.4. The molecule has 5 nitrogen and oxygen atoms in total. The van der Waals surface area contributed by atoms with Crippen molar-refractivity contribution in [1.82, 2.24) is 0 Å². The average Bonchev–Trinajstić information content (AvgIpc) is 3.12. The monoisotopic (exact) mass is 476 g/mol. The second-order valence-corrected chi connectivity index (χ2v) is 13.2. The molecule has 4 saturated carbocycles. The first-order chi connectivity index (χ1) is 15.9. The summed E-state index contributed by atoms with van der Waals surface area (Å²) in [4.78, 5) is 24.4. The van der Waals surface area contributed by atoms with Crippen LogP contribution in [0.3, 0.4) is 0 Å². The highest BCUT2D eigenvalue weighted by molar-refractivity contribution is 5.89. The quantitative estimate of drug-likeness (QED) is 0.487. The number of esters is 1. The molecule has 10 atom stereocenters. The van der Waals surface area contributed by atoms with E-state index in [4.69, 9.17) is 4.74 Å². The zero-order chi connectivity index (χ0) is 24.9. The Morgan fingerprint density at radius 2 is 1.82 bits per heavy atom. The van der Waals surface area contributed by atoms with Crippen LogP contribution >= 0.6 is 0 Å². The van der Waals surface area contributed by atoms with Crippen LogP contribution < -0.4 is 0 Å². The molecule has 0 spiro atoms. The van der Waals surface area contributed by atoms with Crippen LogP contribution in [0, 0.1) is 46.3 Å². The third-order valence-electron chi connectivity index (χ3n) is 11.3. The zero-order valence-corrected chi connectivity index (χ0v) is 22.1. The van der Waals surface area contributed by atoms with E-state index >= 15 is 0 Å². The highest BCUT2D eigenvalue weighted by atomic mass is 16.5. The molecule has 34 heavy (non-hydrogen) atoms. The van der Waals surface area contributed by atoms with Gasteiger partial charge in [0.2, 0.25) is 0 Å². The molecular formula is C29H48O5. The van der Waals surface area contributed by atoms with Crippen LogP contribution in [-0.4, -0.2) is 40.3 Å². The summed E-state index contributed by atoms with van der Waals surface area (Å²) in [6, 6.07) is 0. The van der Waals surface area contributed by atoms with Crippen molar-refractivity contribution in [2.45, 2.75) is 117 Å². The average molecular weight is 477 g/mol. The minimum atomic E-state index is -1.34. The predicted octanol–water partition coefficient (Wildman–Crippen LogP) is 5.31. The molecule has 0 radical (unpaired) electrons. The van der Waals surface area contributed by atoms with Crippen LogP contribution in [0.4, 0.5) is 0 Å². The van der Waals surface area contributed by atoms with E-state index in [1.165, 1.54) is 39.0 Å². The van der Waals surface area contributed by atoms with Gasteiger partial charge >= 0.3 is 5.97 Å². The van der Waals surface area contributed by atoms with Gasteiger partial charge in [-0.25, -0.2) is 0 Å². The number of rotatable bonds is 7. The SMILES string of the molecule is CC(=O)OCC(C)CCC[C@@H](C)[C@H]1CC[C@H]2[C@@H]3CC(=O)[C@@]4(O)C[C@@H](O)CC[C@]4(C)[C@H]3CC[C@]12C. The number of aliphatic hydroxyl groups excluding tert-OH is 1. The zero-order valence-electron chi connectivity index (χ0n) is 22.1. The van der Waals surface area contributed by atoms with Gasteiger partial charge in [0.05, 0.1) is 12.7 Å². The van der Waals surface area contributed by atoms with E-state index in [2.05, 4.69) is 27.7 Å². The largest absolute Gasteiger partial charge is 0.466 e. The van der Waals surface area contributed by atoms with Gasteiger partial charge in [-0.2, -0.15) is 0 Å². The van der Waals surface area contributed by atoms with Gasteiger partial charge in [0.1, 0.15) is 5.60 Å². The number of hydrogen-bond donors (Lipinski definition) is 2. The minimum absolute atomic E-state index is 0.00230. The van der Waals surface area contributed by atoms with Gasteiger partial charge in [-0.1, -0.05) is 40.5 Å². The normalized spacial score (nSPS) is 45.6. The lowest BCUT2D eigenvalue weighted by atomic mass is 9.42. The van der Waals surface area contributed by atoms with Crippen molar-refractivity contribution < 1.29 is 24.5 Å². The third-order valence-corrected chi connectivity index (χ3v) is 11.3. The van der Waals surface area contributed by atoms with Gasteiger partial charge in [-0.3, -0.25) is 9.59 Å². The van der Waals surface area contributed by atoms with Crippen molar-refractivity contribution in [2.24, 2.45) is 46.3 Å². The third kappa shape index (κ3) is 4.27. The van der Waals surface area contributed by atoms with Gasteiger partial charge in [0, 0.05) is 25.2 Å². The van der Waals surface area contributed by atoms with Crippen molar-refractivity contribution >= 4 is 11.8 Å². The molecule has 194 valence electrons. The van der Waals surface area contributed by atoms with E-state index in [1.807, 2.05) is 0 Å². The molecule has 1 unspecified atom stereocenters. The fourth-order valence-corrected chi connectivity index (χ4v) is 9.33. The van der Waals surface area contributed by atoms with Gasteiger partial charge in [0.15, 0.2) is 5.78 Å². The summed E-state index contributed by atoms with van der Waals surface area (Å²) < 4.78 is 5.17. The summed E-state index contributed by atoms with van der Waals surface area (Å²) in [5.74, 6) is 2.89. The van der Waals surface area contributed by atoms with Crippen molar-refractivity contribution in [3.8, 4) is 0 Å². The molecule has 2 N–H and O–H groups in total. The molecule has 4 rings (SSSR count). The van der Waals surface area contributed by atoms with E-state index in [1.54, 1.807) is 0 Å². The van der Waals surface area contributed by atoms with E-state index in [9.17, 15) is 19.8 Å². The molecule has 4 fully saturated rings. The second-order valence-electron chi connectivity index (χ2n) is 13.2. The Bertz CT molecular complexity index is 780. The smallest absolute Gasteiger partial charge is 0.302 e. The van der Waals surface area contributed by atoms with Gasteiger partial charge in [-0.15, -0.1) is 0 Å². The highest BCUT2D eigenvalue weighted by Gasteiger charge is 2.67. The van der Waals surface area contributed by atoms with E-state index < -0.39 is 17.1 Å². The summed E-state index contributed by atoms with van der Waals surface area (Å²) in [5.41, 5.74) is -1.45. The maximum atomic E-state index is 13.4. The molecule has 0 saturated heterocycles. The fourth-order valence-electron chi connectivity index (χ4n) is 9.33. The molecule has 4 aliphatic rings. The van der Waals surface area contributed by atoms with Crippen molar-refractivity contribution in [3.63, 3.8) is 0 Å². The molecule has 5 heteroatoms. The first-order valence-electron chi connectivity index (χ1n) is 14.0. The Morgan fingerprint density at radius 3 is 2.53 bits per heavy atom. The lowest BCUT2D eigenvalue weighted by Crippen LogP contribution is -2.67. The molecule has 0 bridgehead atoms. The number of hydrogen-bond acceptors (Lipinski definition) is 5. The summed E-state index contributed by atoms with van der Waals surface area (Å²) in [6.45, 7) is 11.2. The van der Waals surface area contributed by atoms with E-state index in [-0.39, 0.29) is 23.6 Å². The summed E-state index contributed by atoms with van der Waals surface area (Å²) >= 11 is 0. The van der Waals surface area contributed by atoms with Crippen molar-refractivity contribution in [3.05, 3.63) is 0 Å². The first-order valence-corrected chi connectivity index (χ1v) is 14.0. The summed E-state index contributed by atoms with van der Waals surface area (Å²) in [5, 5.41) is 21.8. The summed E-state index contributed by atoms with van der Waals surface area (Å²) in [7, 11) is 0. The summed E-state index contributed by atoms with van der Waals surface area (Å²) in [6.07, 6.45) is 9.84. The van der Waals surface area contributed by atoms with Crippen LogP contribution in [0.15, 0.2) is 0 Å². The number of carbonyl (C=O) groups is 2. The molecule has 0 aromatic heterocycles. The van der Waals surface area contributed by atoms with Crippen LogP contribution in [0.2, 0.25) is 0 Å². The molecule has 4 aliphatic carbocycles. The van der Waals surface area contributed by atoms with Crippen molar-refractivity contribution in [1.29, 1.82) is 0 Å². The second kappa shape index (κ2) is 9.50. The Kier molecular flexibility index (Phi) is 7.30. The Labute approximate surface area is 206 Å². The Balaban J connectivity index is 1.41. The number of carbonyl (C=O) groups excluding carboxylic acids is 2. The number of fused-ring (bicyclic) bond motifs is 5. The standard InChI is InChI=1S/C29H48O5/c1-18(17-34-20(3)30)7-6-8-19(2)23-9-10-24-22-15-26(32)29(33)16-21(31)11-14-28(29,5)25(22)12-13-27(23,24)4/h18-19,21-25,31,33H,6-17H2,1-5H3/t18?,19-,21+,22+,23-,24+,25+,27-,28-,29+/m1/s1. The highest BCUT2D eigenvalue weighted by Crippen LogP contribution is 2.68. The topological polar surface area (TPSA) is 83.8 Å². The Hall–Kier alpha value is -0.940. The van der Waals surface area contributed by atoms with E-state index in [0.717, 1.165) is 19.3 Å². The van der Waals surface area contributed by atoms with Gasteiger partial charge in [0.25, 0.3) is 0 Å². The molecule has 0 aliphatic heterocycles. The first kappa shape index (κ1) is 26.1. The minimum Gasteiger partial charge on any atom is -0.466 e. The maximum Gasteiger partial charge on any atom is 0.302 e. The van der Waals surface area contributed by atoms with Crippen LogP contribution in [-0.2, 0) is 14.3 Å². The van der Waals surface area contributed by atoms with Crippen molar-refractivity contribution in [2.75, 3.05) is 6.61 Å². The number of Topliss-reactive ketones (excluding diaryl/α,β-unsaturated/α-hetero) is 1. The molecule has 0 amide bonds. The van der Waals surface area contributed by atoms with Gasteiger partial charge in [-0.05, 0) is 85.9 Å². The number of aliphatic hydroxyl groups is 2. The van der Waals surface area contributed by atoms with Crippen LogP contribution in [0.1, 0.15) is 105 Å². The predicted molar refractivity (Wildman–Crippen MR) is 132 cm³/mol. The van der Waals surface area contributed by atoms with Gasteiger partial charge < -0.3 is 14.9 Å². The molecule has 0 aromatic carbocycles. The van der Waals surface area contributed by atoms with E-state index in [0.29, 0.717) is 55.0 Å². The molecule has 0 heterocycles. The molecular weight excluding hydrogens is 428 g/mol. The number of ketones is 1. The Morgan fingerprint density at radius 1 is 1.09 bits per heavy atom. The van der Waals surface area contributed by atoms with Crippen LogP contribution in [0.25, 0.3) is 0 Å². The van der Waals surface area contributed by atoms with Crippen LogP contribution in [0.5, 0.6) is 0 Å².